The maximum absolute atomic E-state index is 11.2. The van der Waals surface area contributed by atoms with Crippen molar-refractivity contribution < 1.29 is 9.90 Å². The lowest BCUT2D eigenvalue weighted by Crippen LogP contribution is -2.25. The van der Waals surface area contributed by atoms with E-state index in [-0.39, 0.29) is 0 Å². The van der Waals surface area contributed by atoms with Gasteiger partial charge in [0.2, 0.25) is 0 Å². The quantitative estimate of drug-likeness (QED) is 0.832. The molecule has 1 spiro atoms. The average molecular weight is 271 g/mol. The Balaban J connectivity index is 1.99. The molecule has 0 amide bonds. The van der Waals surface area contributed by atoms with Gasteiger partial charge in [-0.25, -0.2) is 4.79 Å². The van der Waals surface area contributed by atoms with Crippen molar-refractivity contribution in [1.82, 2.24) is 0 Å². The number of carbonyl (C=O) groups is 1. The molecule has 92 valence electrons. The van der Waals surface area contributed by atoms with Gasteiger partial charge in [0.05, 0.1) is 5.56 Å². The fourth-order valence-corrected chi connectivity index (χ4v) is 5.18. The third-order valence-corrected chi connectivity index (χ3v) is 5.81. The van der Waals surface area contributed by atoms with Crippen molar-refractivity contribution in [2.24, 2.45) is 5.41 Å². The van der Waals surface area contributed by atoms with Crippen LogP contribution in [0.1, 0.15) is 52.9 Å². The van der Waals surface area contributed by atoms with Gasteiger partial charge in [-0.3, -0.25) is 0 Å². The van der Waals surface area contributed by atoms with E-state index in [4.69, 9.17) is 11.6 Å². The number of aromatic carboxylic acids is 1. The summed E-state index contributed by atoms with van der Waals surface area (Å²) in [4.78, 5) is 12.4. The first-order valence-corrected chi connectivity index (χ1v) is 7.34. The summed E-state index contributed by atoms with van der Waals surface area (Å²) in [6.45, 7) is 0. The monoisotopic (exact) mass is 270 g/mol. The second-order valence-electron chi connectivity index (χ2n) is 5.34. The highest BCUT2D eigenvalue weighted by Crippen LogP contribution is 2.51. The fourth-order valence-electron chi connectivity index (χ4n) is 3.47. The Bertz CT molecular complexity index is 472. The number of carboxylic acid groups (broad SMARTS) is 1. The molecule has 1 saturated carbocycles. The summed E-state index contributed by atoms with van der Waals surface area (Å²) in [6.07, 6.45) is 8.39. The van der Waals surface area contributed by atoms with Crippen LogP contribution < -0.4 is 0 Å². The molecule has 1 fully saturated rings. The van der Waals surface area contributed by atoms with Crippen LogP contribution in [0, 0.1) is 5.41 Å². The molecule has 1 aromatic rings. The number of hydrogen-bond acceptors (Lipinski definition) is 2. The molecule has 1 heterocycles. The molecule has 0 atom stereocenters. The molecule has 1 aromatic heterocycles. The van der Waals surface area contributed by atoms with E-state index in [9.17, 15) is 9.90 Å². The molecule has 0 aliphatic heterocycles. The van der Waals surface area contributed by atoms with Gasteiger partial charge in [-0.05, 0) is 43.1 Å². The van der Waals surface area contributed by atoms with Gasteiger partial charge in [-0.2, -0.15) is 0 Å². The number of hydrogen-bond donors (Lipinski definition) is 1. The first kappa shape index (κ1) is 11.5. The first-order chi connectivity index (χ1) is 8.11. The highest BCUT2D eigenvalue weighted by Gasteiger charge is 2.39. The van der Waals surface area contributed by atoms with E-state index >= 15 is 0 Å². The molecule has 2 aliphatic carbocycles. The van der Waals surface area contributed by atoms with Crippen LogP contribution in [0.4, 0.5) is 0 Å². The summed E-state index contributed by atoms with van der Waals surface area (Å²) < 4.78 is 0.470. The average Bonchev–Trinajstić information content (AvgIpc) is 2.82. The van der Waals surface area contributed by atoms with E-state index in [0.29, 0.717) is 15.3 Å². The van der Waals surface area contributed by atoms with Gasteiger partial charge in [0, 0.05) is 4.88 Å². The molecule has 2 aliphatic rings. The zero-order valence-corrected chi connectivity index (χ0v) is 11.2. The standard InChI is InChI=1S/C13H15ClO2S/c14-11-10(12(15)16)8-3-6-13(4-1-2-5-13)7-9(8)17-11/h1-7H2,(H,15,16). The molecule has 0 unspecified atom stereocenters. The molecule has 0 bridgehead atoms. The van der Waals surface area contributed by atoms with Gasteiger partial charge in [-0.15, -0.1) is 11.3 Å². The lowest BCUT2D eigenvalue weighted by atomic mass is 9.72. The molecule has 1 N–H and O–H groups in total. The second kappa shape index (κ2) is 3.99. The fraction of sp³-hybridized carbons (Fsp3) is 0.615. The van der Waals surface area contributed by atoms with E-state index < -0.39 is 5.97 Å². The predicted molar refractivity (Wildman–Crippen MR) is 69.2 cm³/mol. The Kier molecular flexibility index (Phi) is 2.71. The summed E-state index contributed by atoms with van der Waals surface area (Å²) in [5.74, 6) is -0.866. The number of carboxylic acids is 1. The maximum Gasteiger partial charge on any atom is 0.338 e. The molecular formula is C13H15ClO2S. The van der Waals surface area contributed by atoms with Crippen molar-refractivity contribution in [3.63, 3.8) is 0 Å². The van der Waals surface area contributed by atoms with Gasteiger partial charge in [0.1, 0.15) is 4.34 Å². The molecule has 3 rings (SSSR count). The minimum Gasteiger partial charge on any atom is -0.478 e. The maximum atomic E-state index is 11.2. The summed E-state index contributed by atoms with van der Waals surface area (Å²) >= 11 is 7.55. The Morgan fingerprint density at radius 2 is 2.00 bits per heavy atom. The predicted octanol–water partition coefficient (Wildman–Crippen LogP) is 4.15. The van der Waals surface area contributed by atoms with Crippen LogP contribution >= 0.6 is 22.9 Å². The van der Waals surface area contributed by atoms with E-state index in [1.165, 1.54) is 41.9 Å². The van der Waals surface area contributed by atoms with E-state index in [1.807, 2.05) is 0 Å². The van der Waals surface area contributed by atoms with Crippen LogP contribution in [0.3, 0.4) is 0 Å². The zero-order valence-electron chi connectivity index (χ0n) is 9.59. The molecule has 17 heavy (non-hydrogen) atoms. The van der Waals surface area contributed by atoms with Crippen LogP contribution in [0.2, 0.25) is 4.34 Å². The summed E-state index contributed by atoms with van der Waals surface area (Å²) in [6, 6.07) is 0. The Morgan fingerprint density at radius 3 is 2.65 bits per heavy atom. The van der Waals surface area contributed by atoms with Crippen LogP contribution in [0.25, 0.3) is 0 Å². The first-order valence-electron chi connectivity index (χ1n) is 6.15. The van der Waals surface area contributed by atoms with Gasteiger partial charge < -0.3 is 5.11 Å². The van der Waals surface area contributed by atoms with Crippen molar-refractivity contribution in [3.8, 4) is 0 Å². The van der Waals surface area contributed by atoms with E-state index in [2.05, 4.69) is 0 Å². The molecular weight excluding hydrogens is 256 g/mol. The van der Waals surface area contributed by atoms with Crippen molar-refractivity contribution in [2.75, 3.05) is 0 Å². The number of thiophene rings is 1. The SMILES string of the molecule is O=C(O)c1c(Cl)sc2c1CCC1(CCCC1)C2. The summed E-state index contributed by atoms with van der Waals surface area (Å²) in [7, 11) is 0. The van der Waals surface area contributed by atoms with Crippen molar-refractivity contribution >= 4 is 28.9 Å². The minimum absolute atomic E-state index is 0.375. The summed E-state index contributed by atoms with van der Waals surface area (Å²) in [5, 5.41) is 9.19. The largest absolute Gasteiger partial charge is 0.478 e. The Hall–Kier alpha value is -0.540. The minimum atomic E-state index is -0.866. The lowest BCUT2D eigenvalue weighted by Gasteiger charge is -2.33. The topological polar surface area (TPSA) is 37.3 Å². The third kappa shape index (κ3) is 1.80. The van der Waals surface area contributed by atoms with Gasteiger partial charge in [-0.1, -0.05) is 24.4 Å². The highest BCUT2D eigenvalue weighted by atomic mass is 35.5. The van der Waals surface area contributed by atoms with Crippen LogP contribution in [0.5, 0.6) is 0 Å². The van der Waals surface area contributed by atoms with Crippen LogP contribution in [-0.4, -0.2) is 11.1 Å². The highest BCUT2D eigenvalue weighted by molar-refractivity contribution is 7.16. The lowest BCUT2D eigenvalue weighted by molar-refractivity contribution is 0.0695. The van der Waals surface area contributed by atoms with Crippen LogP contribution in [-0.2, 0) is 12.8 Å². The molecule has 2 nitrogen and oxygen atoms in total. The van der Waals surface area contributed by atoms with Crippen molar-refractivity contribution in [3.05, 3.63) is 20.3 Å². The molecule has 4 heteroatoms. The summed E-state index contributed by atoms with van der Waals surface area (Å²) in [5.41, 5.74) is 1.86. The number of fused-ring (bicyclic) bond motifs is 1. The molecule has 0 radical (unpaired) electrons. The smallest absolute Gasteiger partial charge is 0.338 e. The normalized spacial score (nSPS) is 21.7. The molecule has 0 aromatic carbocycles. The number of halogens is 1. The third-order valence-electron chi connectivity index (χ3n) is 4.37. The van der Waals surface area contributed by atoms with Gasteiger partial charge in [0.25, 0.3) is 0 Å². The Labute approximate surface area is 110 Å². The molecule has 0 saturated heterocycles. The van der Waals surface area contributed by atoms with E-state index in [0.717, 1.165) is 24.8 Å². The zero-order chi connectivity index (χ0) is 12.0. The van der Waals surface area contributed by atoms with E-state index in [1.54, 1.807) is 0 Å². The number of rotatable bonds is 1. The van der Waals surface area contributed by atoms with Crippen molar-refractivity contribution in [2.45, 2.75) is 44.9 Å². The van der Waals surface area contributed by atoms with Crippen molar-refractivity contribution in [1.29, 1.82) is 0 Å². The van der Waals surface area contributed by atoms with Gasteiger partial charge >= 0.3 is 5.97 Å². The second-order valence-corrected chi connectivity index (χ2v) is 7.05. The van der Waals surface area contributed by atoms with Crippen LogP contribution in [0.15, 0.2) is 0 Å². The van der Waals surface area contributed by atoms with Gasteiger partial charge in [0.15, 0.2) is 0 Å². The Morgan fingerprint density at radius 1 is 1.29 bits per heavy atom.